The number of ether oxygens (including phenoxy) is 1. The molecule has 0 aliphatic heterocycles. The van der Waals surface area contributed by atoms with Crippen LogP contribution in [-0.2, 0) is 4.79 Å². The minimum absolute atomic E-state index is 0.140. The first-order chi connectivity index (χ1) is 14.0. The number of benzene rings is 1. The molecule has 1 heterocycles. The molecule has 1 atom stereocenters. The van der Waals surface area contributed by atoms with Crippen molar-refractivity contribution in [1.82, 2.24) is 15.3 Å². The first-order valence-electron chi connectivity index (χ1n) is 10.3. The molecule has 1 aromatic heterocycles. The van der Waals surface area contributed by atoms with Gasteiger partial charge in [0.05, 0.1) is 11.9 Å². The molecule has 29 heavy (non-hydrogen) atoms. The van der Waals surface area contributed by atoms with E-state index in [9.17, 15) is 4.79 Å². The number of rotatable bonds is 10. The lowest BCUT2D eigenvalue weighted by Gasteiger charge is -2.20. The zero-order chi connectivity index (χ0) is 21.6. The molecule has 0 radical (unpaired) electrons. The van der Waals surface area contributed by atoms with Gasteiger partial charge in [0.15, 0.2) is 5.75 Å². The van der Waals surface area contributed by atoms with Crippen molar-refractivity contribution in [3.63, 3.8) is 0 Å². The van der Waals surface area contributed by atoms with E-state index in [4.69, 9.17) is 4.74 Å². The standard InChI is InChI=1S/C21H29N3O2.C2H7N/c1-5-6-10-17(18-11-8-7-9-16(18)4)12-22-21-23-13-19(26-14-25)20(24-21)15(2)3;1-3-2/h7-9,11,13-15,17H,5-6,10,12H2,1-4H3,(H,22,23,24);3H,1-2H3. The molecule has 160 valence electrons. The summed E-state index contributed by atoms with van der Waals surface area (Å²) in [6, 6.07) is 8.54. The molecule has 0 fully saturated rings. The van der Waals surface area contributed by atoms with Gasteiger partial charge in [-0.25, -0.2) is 9.97 Å². The van der Waals surface area contributed by atoms with E-state index in [0.29, 0.717) is 24.1 Å². The van der Waals surface area contributed by atoms with E-state index in [2.05, 4.69) is 58.7 Å². The topological polar surface area (TPSA) is 76.1 Å². The third kappa shape index (κ3) is 8.20. The first-order valence-corrected chi connectivity index (χ1v) is 10.3. The maximum Gasteiger partial charge on any atom is 0.298 e. The van der Waals surface area contributed by atoms with Crippen molar-refractivity contribution in [3.05, 3.63) is 47.3 Å². The number of aryl methyl sites for hydroxylation is 1. The number of aromatic nitrogens is 2. The third-order valence-corrected chi connectivity index (χ3v) is 4.55. The normalized spacial score (nSPS) is 11.4. The zero-order valence-electron chi connectivity index (χ0n) is 18.7. The molecule has 1 unspecified atom stereocenters. The summed E-state index contributed by atoms with van der Waals surface area (Å²) in [7, 11) is 3.75. The highest BCUT2D eigenvalue weighted by Crippen LogP contribution is 2.27. The lowest BCUT2D eigenvalue weighted by atomic mass is 9.90. The number of unbranched alkanes of at least 4 members (excludes halogenated alkanes) is 1. The molecular formula is C23H36N4O2. The number of anilines is 1. The second-order valence-corrected chi connectivity index (χ2v) is 7.39. The summed E-state index contributed by atoms with van der Waals surface area (Å²) in [6.07, 6.45) is 5.05. The van der Waals surface area contributed by atoms with Crippen LogP contribution < -0.4 is 15.4 Å². The molecule has 1 aromatic carbocycles. The summed E-state index contributed by atoms with van der Waals surface area (Å²) in [5.74, 6) is 1.54. The van der Waals surface area contributed by atoms with Gasteiger partial charge in [-0.2, -0.15) is 0 Å². The van der Waals surface area contributed by atoms with E-state index in [0.717, 1.165) is 18.7 Å². The molecule has 0 saturated carbocycles. The SMILES string of the molecule is CCCCC(CNc1ncc(OC=O)c(C(C)C)n1)c1ccccc1C.CNC. The lowest BCUT2D eigenvalue weighted by Crippen LogP contribution is -2.16. The second kappa shape index (κ2) is 13.7. The van der Waals surface area contributed by atoms with E-state index < -0.39 is 0 Å². The van der Waals surface area contributed by atoms with Crippen LogP contribution in [0.15, 0.2) is 30.5 Å². The van der Waals surface area contributed by atoms with Gasteiger partial charge < -0.3 is 15.4 Å². The summed E-state index contributed by atoms with van der Waals surface area (Å²) in [4.78, 5) is 19.5. The molecule has 2 N–H and O–H groups in total. The first kappa shape index (κ1) is 24.6. The fraction of sp³-hybridized carbons (Fsp3) is 0.522. The maximum absolute atomic E-state index is 10.6. The summed E-state index contributed by atoms with van der Waals surface area (Å²) >= 11 is 0. The minimum Gasteiger partial charge on any atom is -0.425 e. The fourth-order valence-corrected chi connectivity index (χ4v) is 3.10. The van der Waals surface area contributed by atoms with Gasteiger partial charge in [-0.15, -0.1) is 0 Å². The highest BCUT2D eigenvalue weighted by molar-refractivity contribution is 5.47. The maximum atomic E-state index is 10.6. The molecule has 6 nitrogen and oxygen atoms in total. The van der Waals surface area contributed by atoms with Gasteiger partial charge in [-0.1, -0.05) is 57.9 Å². The Balaban J connectivity index is 0.00000132. The van der Waals surface area contributed by atoms with Crippen LogP contribution in [0.2, 0.25) is 0 Å². The second-order valence-electron chi connectivity index (χ2n) is 7.39. The number of hydrogen-bond donors (Lipinski definition) is 2. The van der Waals surface area contributed by atoms with E-state index in [1.54, 1.807) is 6.20 Å². The number of carbonyl (C=O) groups is 1. The lowest BCUT2D eigenvalue weighted by molar-refractivity contribution is -0.120. The van der Waals surface area contributed by atoms with Crippen molar-refractivity contribution in [1.29, 1.82) is 0 Å². The Kier molecular flexibility index (Phi) is 11.6. The smallest absolute Gasteiger partial charge is 0.298 e. The quantitative estimate of drug-likeness (QED) is 0.565. The van der Waals surface area contributed by atoms with Gasteiger partial charge in [-0.3, -0.25) is 4.79 Å². The van der Waals surface area contributed by atoms with Crippen LogP contribution in [0.4, 0.5) is 5.95 Å². The molecule has 0 amide bonds. The summed E-state index contributed by atoms with van der Waals surface area (Å²) in [5.41, 5.74) is 3.42. The summed E-state index contributed by atoms with van der Waals surface area (Å²) in [5, 5.41) is 6.13. The molecular weight excluding hydrogens is 364 g/mol. The van der Waals surface area contributed by atoms with Gasteiger partial charge in [0.1, 0.15) is 0 Å². The molecule has 6 heteroatoms. The predicted molar refractivity (Wildman–Crippen MR) is 120 cm³/mol. The molecule has 2 rings (SSSR count). The number of hydrogen-bond acceptors (Lipinski definition) is 6. The monoisotopic (exact) mass is 400 g/mol. The van der Waals surface area contributed by atoms with Crippen LogP contribution >= 0.6 is 0 Å². The van der Waals surface area contributed by atoms with Crippen LogP contribution in [0.3, 0.4) is 0 Å². The van der Waals surface area contributed by atoms with Gasteiger partial charge >= 0.3 is 0 Å². The van der Waals surface area contributed by atoms with Crippen molar-refractivity contribution >= 4 is 12.4 Å². The Morgan fingerprint density at radius 2 is 1.90 bits per heavy atom. The predicted octanol–water partition coefficient (Wildman–Crippen LogP) is 4.67. The largest absolute Gasteiger partial charge is 0.425 e. The van der Waals surface area contributed by atoms with E-state index in [1.807, 2.05) is 27.9 Å². The van der Waals surface area contributed by atoms with Gasteiger partial charge in [0.25, 0.3) is 6.47 Å². The Labute approximate surface area is 175 Å². The van der Waals surface area contributed by atoms with Gasteiger partial charge in [0, 0.05) is 12.5 Å². The zero-order valence-corrected chi connectivity index (χ0v) is 18.7. The minimum atomic E-state index is 0.140. The summed E-state index contributed by atoms with van der Waals surface area (Å²) in [6.45, 7) is 9.59. The molecule has 0 saturated heterocycles. The van der Waals surface area contributed by atoms with Gasteiger partial charge in [-0.05, 0) is 44.5 Å². The highest BCUT2D eigenvalue weighted by Gasteiger charge is 2.16. The molecule has 2 aromatic rings. The summed E-state index contributed by atoms with van der Waals surface area (Å²) < 4.78 is 4.98. The number of nitrogens with one attached hydrogen (secondary N) is 2. The van der Waals surface area contributed by atoms with Crippen LogP contribution in [0.25, 0.3) is 0 Å². The Morgan fingerprint density at radius 1 is 1.21 bits per heavy atom. The molecule has 0 aliphatic rings. The molecule has 0 aliphatic carbocycles. The Hall–Kier alpha value is -2.47. The highest BCUT2D eigenvalue weighted by atomic mass is 16.5. The Bertz CT molecular complexity index is 735. The Morgan fingerprint density at radius 3 is 2.48 bits per heavy atom. The van der Waals surface area contributed by atoms with Crippen molar-refractivity contribution < 1.29 is 9.53 Å². The number of carbonyl (C=O) groups excluding carboxylic acids is 1. The van der Waals surface area contributed by atoms with Crippen LogP contribution in [-0.4, -0.2) is 37.1 Å². The number of nitrogens with zero attached hydrogens (tertiary/aromatic N) is 2. The van der Waals surface area contributed by atoms with Gasteiger partial charge in [0.2, 0.25) is 5.95 Å². The molecule has 0 bridgehead atoms. The van der Waals surface area contributed by atoms with Crippen molar-refractivity contribution in [2.75, 3.05) is 26.0 Å². The molecule has 0 spiro atoms. The third-order valence-electron chi connectivity index (χ3n) is 4.55. The average Bonchev–Trinajstić information content (AvgIpc) is 2.70. The fourth-order valence-electron chi connectivity index (χ4n) is 3.10. The van der Waals surface area contributed by atoms with Crippen molar-refractivity contribution in [3.8, 4) is 5.75 Å². The van der Waals surface area contributed by atoms with E-state index in [-0.39, 0.29) is 5.92 Å². The van der Waals surface area contributed by atoms with E-state index in [1.165, 1.54) is 24.0 Å². The van der Waals surface area contributed by atoms with Crippen LogP contribution in [0.1, 0.15) is 68.7 Å². The average molecular weight is 401 g/mol. The van der Waals surface area contributed by atoms with E-state index >= 15 is 0 Å². The van der Waals surface area contributed by atoms with Crippen molar-refractivity contribution in [2.24, 2.45) is 0 Å². The van der Waals surface area contributed by atoms with Crippen LogP contribution in [0.5, 0.6) is 5.75 Å². The van der Waals surface area contributed by atoms with Crippen molar-refractivity contribution in [2.45, 2.75) is 58.8 Å². The van der Waals surface area contributed by atoms with Crippen LogP contribution in [0, 0.1) is 6.92 Å².